The highest BCUT2D eigenvalue weighted by atomic mass is 14.9. The van der Waals surface area contributed by atoms with Crippen LogP contribution in [0, 0.1) is 20.8 Å². The van der Waals surface area contributed by atoms with Gasteiger partial charge in [-0.3, -0.25) is 0 Å². The number of para-hydroxylation sites is 1. The van der Waals surface area contributed by atoms with Crippen molar-refractivity contribution >= 4 is 10.9 Å². The summed E-state index contributed by atoms with van der Waals surface area (Å²) in [5.74, 6) is 0. The summed E-state index contributed by atoms with van der Waals surface area (Å²) in [4.78, 5) is 0. The summed E-state index contributed by atoms with van der Waals surface area (Å²) in [6.45, 7) is 6.52. The van der Waals surface area contributed by atoms with E-state index in [1.54, 1.807) is 0 Å². The fourth-order valence-electron chi connectivity index (χ4n) is 2.88. The predicted molar refractivity (Wildman–Crippen MR) is 84.8 cm³/mol. The Hall–Kier alpha value is -2.15. The standard InChI is InChI=1S/C19H20N/c1-13-9-10-14(2)17(11-13)19-12-15(3)16-7-5-6-8-18(16)20(19)4/h5-12H,1-4H3/q+1. The van der Waals surface area contributed by atoms with Gasteiger partial charge in [-0.2, -0.15) is 4.57 Å². The van der Waals surface area contributed by atoms with Crippen LogP contribution in [-0.2, 0) is 7.05 Å². The van der Waals surface area contributed by atoms with Gasteiger partial charge >= 0.3 is 0 Å². The quantitative estimate of drug-likeness (QED) is 0.577. The van der Waals surface area contributed by atoms with Crippen molar-refractivity contribution in [3.8, 4) is 11.3 Å². The molecule has 1 heteroatoms. The van der Waals surface area contributed by atoms with Gasteiger partial charge < -0.3 is 0 Å². The average Bonchev–Trinajstić information content (AvgIpc) is 2.46. The molecule has 0 unspecified atom stereocenters. The number of rotatable bonds is 1. The second-order valence-electron chi connectivity index (χ2n) is 5.61. The zero-order valence-corrected chi connectivity index (χ0v) is 12.6. The maximum absolute atomic E-state index is 2.30. The van der Waals surface area contributed by atoms with Crippen LogP contribution in [0.15, 0.2) is 48.5 Å². The third-order valence-electron chi connectivity index (χ3n) is 4.07. The van der Waals surface area contributed by atoms with Crippen LogP contribution in [0.3, 0.4) is 0 Å². The summed E-state index contributed by atoms with van der Waals surface area (Å²) in [6.07, 6.45) is 0. The molecular weight excluding hydrogens is 242 g/mol. The second-order valence-corrected chi connectivity index (χ2v) is 5.61. The van der Waals surface area contributed by atoms with Gasteiger partial charge in [0, 0.05) is 23.1 Å². The van der Waals surface area contributed by atoms with E-state index in [0.29, 0.717) is 0 Å². The van der Waals surface area contributed by atoms with Crippen molar-refractivity contribution in [2.24, 2.45) is 7.05 Å². The number of nitrogens with zero attached hydrogens (tertiary/aromatic N) is 1. The number of benzene rings is 2. The SMILES string of the molecule is Cc1ccc(C)c(-c2cc(C)c3ccccc3[n+]2C)c1. The number of hydrogen-bond donors (Lipinski definition) is 0. The number of pyridine rings is 1. The molecule has 0 bridgehead atoms. The van der Waals surface area contributed by atoms with E-state index >= 15 is 0 Å². The largest absolute Gasteiger partial charge is 0.213 e. The van der Waals surface area contributed by atoms with Gasteiger partial charge in [-0.05, 0) is 44.0 Å². The molecule has 0 spiro atoms. The first-order chi connectivity index (χ1) is 9.58. The molecule has 1 aromatic heterocycles. The Labute approximate surface area is 120 Å². The summed E-state index contributed by atoms with van der Waals surface area (Å²) >= 11 is 0. The minimum Gasteiger partial charge on any atom is -0.194 e. The Morgan fingerprint density at radius 3 is 2.35 bits per heavy atom. The highest BCUT2D eigenvalue weighted by molar-refractivity contribution is 5.81. The molecule has 0 amide bonds. The Morgan fingerprint density at radius 2 is 1.55 bits per heavy atom. The van der Waals surface area contributed by atoms with Crippen LogP contribution in [0.4, 0.5) is 0 Å². The summed E-state index contributed by atoms with van der Waals surface area (Å²) in [7, 11) is 2.15. The number of hydrogen-bond acceptors (Lipinski definition) is 0. The van der Waals surface area contributed by atoms with Gasteiger partial charge in [0.15, 0.2) is 0 Å². The normalized spacial score (nSPS) is 11.0. The first kappa shape index (κ1) is 12.9. The van der Waals surface area contributed by atoms with Gasteiger partial charge in [0.05, 0.1) is 0 Å². The molecule has 0 aliphatic carbocycles. The topological polar surface area (TPSA) is 3.88 Å². The minimum absolute atomic E-state index is 1.28. The Morgan fingerprint density at radius 1 is 0.800 bits per heavy atom. The third kappa shape index (κ3) is 2.00. The molecule has 0 N–H and O–H groups in total. The zero-order chi connectivity index (χ0) is 14.3. The highest BCUT2D eigenvalue weighted by Crippen LogP contribution is 2.25. The van der Waals surface area contributed by atoms with Crippen molar-refractivity contribution in [2.75, 3.05) is 0 Å². The van der Waals surface area contributed by atoms with Crippen molar-refractivity contribution in [1.29, 1.82) is 0 Å². The molecule has 0 saturated heterocycles. The van der Waals surface area contributed by atoms with Crippen LogP contribution in [0.2, 0.25) is 0 Å². The summed E-state index contributed by atoms with van der Waals surface area (Å²) in [5.41, 5.74) is 7.83. The lowest BCUT2D eigenvalue weighted by Crippen LogP contribution is -2.32. The van der Waals surface area contributed by atoms with Gasteiger partial charge in [-0.1, -0.05) is 29.8 Å². The summed E-state index contributed by atoms with van der Waals surface area (Å²) < 4.78 is 2.30. The molecule has 0 fully saturated rings. The highest BCUT2D eigenvalue weighted by Gasteiger charge is 2.17. The van der Waals surface area contributed by atoms with Crippen molar-refractivity contribution in [3.63, 3.8) is 0 Å². The monoisotopic (exact) mass is 262 g/mol. The lowest BCUT2D eigenvalue weighted by Gasteiger charge is -2.09. The first-order valence-electron chi connectivity index (χ1n) is 7.04. The second kappa shape index (κ2) is 4.75. The minimum atomic E-state index is 1.28. The van der Waals surface area contributed by atoms with E-state index in [0.717, 1.165) is 0 Å². The molecule has 0 aliphatic heterocycles. The maximum Gasteiger partial charge on any atom is 0.213 e. The van der Waals surface area contributed by atoms with Crippen molar-refractivity contribution in [2.45, 2.75) is 20.8 Å². The third-order valence-corrected chi connectivity index (χ3v) is 4.07. The molecule has 0 atom stereocenters. The van der Waals surface area contributed by atoms with Crippen LogP contribution in [-0.4, -0.2) is 0 Å². The van der Waals surface area contributed by atoms with E-state index in [2.05, 4.69) is 80.9 Å². The van der Waals surface area contributed by atoms with E-state index in [-0.39, 0.29) is 0 Å². The van der Waals surface area contributed by atoms with E-state index in [1.807, 2.05) is 0 Å². The number of fused-ring (bicyclic) bond motifs is 1. The summed E-state index contributed by atoms with van der Waals surface area (Å²) in [6, 6.07) is 17.5. The van der Waals surface area contributed by atoms with Crippen LogP contribution in [0.5, 0.6) is 0 Å². The number of aromatic nitrogens is 1. The van der Waals surface area contributed by atoms with Crippen LogP contribution >= 0.6 is 0 Å². The van der Waals surface area contributed by atoms with Crippen molar-refractivity contribution in [3.05, 3.63) is 65.2 Å². The molecule has 2 aromatic carbocycles. The van der Waals surface area contributed by atoms with E-state index < -0.39 is 0 Å². The Kier molecular flexibility index (Phi) is 3.06. The molecule has 3 rings (SSSR count). The zero-order valence-electron chi connectivity index (χ0n) is 12.6. The van der Waals surface area contributed by atoms with Crippen LogP contribution in [0.25, 0.3) is 22.2 Å². The van der Waals surface area contributed by atoms with E-state index in [4.69, 9.17) is 0 Å². The molecule has 100 valence electrons. The molecule has 0 saturated carbocycles. The van der Waals surface area contributed by atoms with Gasteiger partial charge in [-0.15, -0.1) is 0 Å². The fraction of sp³-hybridized carbons (Fsp3) is 0.211. The Balaban J connectivity index is 2.37. The van der Waals surface area contributed by atoms with Gasteiger partial charge in [-0.25, -0.2) is 0 Å². The van der Waals surface area contributed by atoms with Crippen LogP contribution in [0.1, 0.15) is 16.7 Å². The lowest BCUT2D eigenvalue weighted by atomic mass is 9.99. The smallest absolute Gasteiger partial charge is 0.194 e. The maximum atomic E-state index is 2.30. The molecular formula is C19H20N+. The van der Waals surface area contributed by atoms with Crippen molar-refractivity contribution < 1.29 is 4.57 Å². The van der Waals surface area contributed by atoms with Crippen LogP contribution < -0.4 is 4.57 Å². The first-order valence-corrected chi connectivity index (χ1v) is 7.04. The average molecular weight is 262 g/mol. The van der Waals surface area contributed by atoms with E-state index in [9.17, 15) is 0 Å². The molecule has 0 aliphatic rings. The fourth-order valence-corrected chi connectivity index (χ4v) is 2.88. The molecule has 3 aromatic rings. The molecule has 1 nitrogen and oxygen atoms in total. The Bertz CT molecular complexity index is 800. The number of aryl methyl sites for hydroxylation is 4. The van der Waals surface area contributed by atoms with Gasteiger partial charge in [0.2, 0.25) is 11.2 Å². The lowest BCUT2D eigenvalue weighted by molar-refractivity contribution is -0.633. The summed E-state index contributed by atoms with van der Waals surface area (Å²) in [5, 5.41) is 1.32. The molecule has 0 radical (unpaired) electrons. The molecule has 20 heavy (non-hydrogen) atoms. The van der Waals surface area contributed by atoms with Gasteiger partial charge in [0.1, 0.15) is 7.05 Å². The van der Waals surface area contributed by atoms with E-state index in [1.165, 1.54) is 38.9 Å². The molecule has 1 heterocycles. The van der Waals surface area contributed by atoms with Gasteiger partial charge in [0.25, 0.3) is 0 Å². The van der Waals surface area contributed by atoms with Crippen molar-refractivity contribution in [1.82, 2.24) is 0 Å². The predicted octanol–water partition coefficient (Wildman–Crippen LogP) is 4.26.